The van der Waals surface area contributed by atoms with Gasteiger partial charge in [0.15, 0.2) is 0 Å². The van der Waals surface area contributed by atoms with E-state index in [9.17, 15) is 0 Å². The summed E-state index contributed by atoms with van der Waals surface area (Å²) in [6.45, 7) is 0.866. The van der Waals surface area contributed by atoms with Crippen LogP contribution in [-0.4, -0.2) is 25.5 Å². The zero-order chi connectivity index (χ0) is 13.0. The van der Waals surface area contributed by atoms with Crippen molar-refractivity contribution in [2.75, 3.05) is 20.6 Å². The monoisotopic (exact) mass is 246 g/mol. The second kappa shape index (κ2) is 6.35. The molecule has 2 heteroatoms. The van der Waals surface area contributed by atoms with Crippen LogP contribution in [0.3, 0.4) is 0 Å². The van der Waals surface area contributed by atoms with Crippen LogP contribution in [0, 0.1) is 11.8 Å². The molecule has 1 atom stereocenters. The zero-order valence-electron chi connectivity index (χ0n) is 11.7. The van der Waals surface area contributed by atoms with Gasteiger partial charge in [-0.25, -0.2) is 0 Å². The van der Waals surface area contributed by atoms with Crippen molar-refractivity contribution in [3.63, 3.8) is 0 Å². The molecular formula is C16H26N2. The van der Waals surface area contributed by atoms with E-state index < -0.39 is 0 Å². The molecule has 0 heterocycles. The summed E-state index contributed by atoms with van der Waals surface area (Å²) in [5.41, 5.74) is 7.24. The van der Waals surface area contributed by atoms with E-state index in [0.717, 1.165) is 18.4 Å². The van der Waals surface area contributed by atoms with Gasteiger partial charge in [-0.2, -0.15) is 0 Å². The minimum Gasteiger partial charge on any atom is -0.330 e. The van der Waals surface area contributed by atoms with E-state index in [4.69, 9.17) is 5.73 Å². The fourth-order valence-electron chi connectivity index (χ4n) is 3.38. The Morgan fingerprint density at radius 1 is 1.11 bits per heavy atom. The van der Waals surface area contributed by atoms with Gasteiger partial charge in [0.05, 0.1) is 0 Å². The van der Waals surface area contributed by atoms with Crippen molar-refractivity contribution in [3.8, 4) is 0 Å². The van der Waals surface area contributed by atoms with Crippen LogP contribution in [0.15, 0.2) is 30.3 Å². The molecule has 0 saturated heterocycles. The minimum absolute atomic E-state index is 0.560. The third kappa shape index (κ3) is 3.12. The Morgan fingerprint density at radius 3 is 2.22 bits per heavy atom. The van der Waals surface area contributed by atoms with E-state index in [0.29, 0.717) is 6.04 Å². The number of rotatable bonds is 4. The summed E-state index contributed by atoms with van der Waals surface area (Å²) in [7, 11) is 4.40. The van der Waals surface area contributed by atoms with Crippen LogP contribution in [-0.2, 0) is 0 Å². The van der Waals surface area contributed by atoms with Gasteiger partial charge in [0.2, 0.25) is 0 Å². The van der Waals surface area contributed by atoms with Gasteiger partial charge < -0.3 is 10.6 Å². The quantitative estimate of drug-likeness (QED) is 0.884. The Kier molecular flexibility index (Phi) is 4.79. The lowest BCUT2D eigenvalue weighted by Gasteiger charge is -2.37. The molecule has 0 amide bonds. The standard InChI is InChI=1S/C16H26N2/c1-18(2)16(14-6-4-3-5-7-14)15-10-8-13(12-17)9-11-15/h3-7,13,15-16H,8-12,17H2,1-2H3. The largest absolute Gasteiger partial charge is 0.330 e. The molecule has 0 aliphatic heterocycles. The molecule has 1 saturated carbocycles. The fraction of sp³-hybridized carbons (Fsp3) is 0.625. The van der Waals surface area contributed by atoms with Crippen molar-refractivity contribution in [1.82, 2.24) is 4.90 Å². The van der Waals surface area contributed by atoms with Crippen molar-refractivity contribution in [3.05, 3.63) is 35.9 Å². The SMILES string of the molecule is CN(C)C(c1ccccc1)C1CCC(CN)CC1. The van der Waals surface area contributed by atoms with Crippen LogP contribution in [0.5, 0.6) is 0 Å². The average molecular weight is 246 g/mol. The molecule has 0 spiro atoms. The maximum atomic E-state index is 5.79. The summed E-state index contributed by atoms with van der Waals surface area (Å²) in [5, 5.41) is 0. The first-order chi connectivity index (χ1) is 8.72. The van der Waals surface area contributed by atoms with E-state index in [1.165, 1.54) is 31.2 Å². The highest BCUT2D eigenvalue weighted by Gasteiger charge is 2.29. The van der Waals surface area contributed by atoms with Gasteiger partial charge >= 0.3 is 0 Å². The normalized spacial score (nSPS) is 26.2. The Bertz CT molecular complexity index is 339. The predicted octanol–water partition coefficient (Wildman–Crippen LogP) is 3.05. The van der Waals surface area contributed by atoms with E-state index in [1.54, 1.807) is 0 Å². The number of nitrogens with two attached hydrogens (primary N) is 1. The maximum Gasteiger partial charge on any atom is 0.0370 e. The second-order valence-electron chi connectivity index (χ2n) is 5.84. The molecule has 18 heavy (non-hydrogen) atoms. The summed E-state index contributed by atoms with van der Waals surface area (Å²) < 4.78 is 0. The van der Waals surface area contributed by atoms with Gasteiger partial charge in [0, 0.05) is 6.04 Å². The van der Waals surface area contributed by atoms with Gasteiger partial charge in [0.25, 0.3) is 0 Å². The molecule has 100 valence electrons. The van der Waals surface area contributed by atoms with E-state index in [2.05, 4.69) is 49.3 Å². The van der Waals surface area contributed by atoms with Crippen LogP contribution in [0.4, 0.5) is 0 Å². The summed E-state index contributed by atoms with van der Waals surface area (Å²) in [6.07, 6.45) is 5.25. The first kappa shape index (κ1) is 13.6. The first-order valence-electron chi connectivity index (χ1n) is 7.13. The minimum atomic E-state index is 0.560. The van der Waals surface area contributed by atoms with Crippen LogP contribution >= 0.6 is 0 Å². The first-order valence-corrected chi connectivity index (χ1v) is 7.13. The van der Waals surface area contributed by atoms with Crippen LogP contribution in [0.2, 0.25) is 0 Å². The van der Waals surface area contributed by atoms with Crippen molar-refractivity contribution in [2.45, 2.75) is 31.7 Å². The topological polar surface area (TPSA) is 29.3 Å². The predicted molar refractivity (Wildman–Crippen MR) is 77.4 cm³/mol. The molecule has 2 N–H and O–H groups in total. The van der Waals surface area contributed by atoms with Gasteiger partial charge in [0.1, 0.15) is 0 Å². The summed E-state index contributed by atoms with van der Waals surface area (Å²) in [6, 6.07) is 11.5. The van der Waals surface area contributed by atoms with Crippen molar-refractivity contribution >= 4 is 0 Å². The average Bonchev–Trinajstić information content (AvgIpc) is 2.40. The molecule has 2 nitrogen and oxygen atoms in total. The molecule has 1 fully saturated rings. The maximum absolute atomic E-state index is 5.79. The van der Waals surface area contributed by atoms with Crippen LogP contribution in [0.25, 0.3) is 0 Å². The molecular weight excluding hydrogens is 220 g/mol. The van der Waals surface area contributed by atoms with Gasteiger partial charge in [-0.05, 0) is 63.7 Å². The van der Waals surface area contributed by atoms with Gasteiger partial charge in [-0.1, -0.05) is 30.3 Å². The number of hydrogen-bond donors (Lipinski definition) is 1. The molecule has 0 bridgehead atoms. The van der Waals surface area contributed by atoms with Crippen molar-refractivity contribution < 1.29 is 0 Å². The van der Waals surface area contributed by atoms with Crippen LogP contribution in [0.1, 0.15) is 37.3 Å². The third-order valence-electron chi connectivity index (χ3n) is 4.37. The number of benzene rings is 1. The molecule has 0 aromatic heterocycles. The number of nitrogens with zero attached hydrogens (tertiary/aromatic N) is 1. The van der Waals surface area contributed by atoms with Gasteiger partial charge in [-0.3, -0.25) is 0 Å². The van der Waals surface area contributed by atoms with Crippen LogP contribution < -0.4 is 5.73 Å². The second-order valence-corrected chi connectivity index (χ2v) is 5.84. The fourth-order valence-corrected chi connectivity index (χ4v) is 3.38. The molecule has 2 rings (SSSR count). The lowest BCUT2D eigenvalue weighted by atomic mass is 9.76. The smallest absolute Gasteiger partial charge is 0.0370 e. The Labute approximate surface area is 111 Å². The molecule has 0 radical (unpaired) electrons. The lowest BCUT2D eigenvalue weighted by Crippen LogP contribution is -2.31. The highest BCUT2D eigenvalue weighted by atomic mass is 15.1. The van der Waals surface area contributed by atoms with Crippen molar-refractivity contribution in [1.29, 1.82) is 0 Å². The summed E-state index contributed by atoms with van der Waals surface area (Å²) in [5.74, 6) is 1.55. The van der Waals surface area contributed by atoms with E-state index in [1.807, 2.05) is 0 Å². The molecule has 1 aliphatic rings. The third-order valence-corrected chi connectivity index (χ3v) is 4.37. The lowest BCUT2D eigenvalue weighted by molar-refractivity contribution is 0.151. The molecule has 1 aliphatic carbocycles. The summed E-state index contributed by atoms with van der Waals surface area (Å²) >= 11 is 0. The van der Waals surface area contributed by atoms with E-state index in [-0.39, 0.29) is 0 Å². The molecule has 1 unspecified atom stereocenters. The van der Waals surface area contributed by atoms with Crippen molar-refractivity contribution in [2.24, 2.45) is 17.6 Å². The zero-order valence-corrected chi connectivity index (χ0v) is 11.7. The number of hydrogen-bond acceptors (Lipinski definition) is 2. The highest BCUT2D eigenvalue weighted by Crippen LogP contribution is 2.38. The van der Waals surface area contributed by atoms with E-state index >= 15 is 0 Å². The Morgan fingerprint density at radius 2 is 1.72 bits per heavy atom. The summed E-state index contributed by atoms with van der Waals surface area (Å²) in [4.78, 5) is 2.38. The molecule has 1 aromatic rings. The highest BCUT2D eigenvalue weighted by molar-refractivity contribution is 5.20. The van der Waals surface area contributed by atoms with Gasteiger partial charge in [-0.15, -0.1) is 0 Å². The Balaban J connectivity index is 2.08. The Hall–Kier alpha value is -0.860. The molecule has 1 aromatic carbocycles.